The fourth-order valence-electron chi connectivity index (χ4n) is 4.05. The van der Waals surface area contributed by atoms with Gasteiger partial charge in [0.2, 0.25) is 5.91 Å². The van der Waals surface area contributed by atoms with Crippen LogP contribution in [0.2, 0.25) is 0 Å². The molecule has 0 spiro atoms. The van der Waals surface area contributed by atoms with Crippen LogP contribution in [0.5, 0.6) is 0 Å². The first-order chi connectivity index (χ1) is 13.8. The van der Waals surface area contributed by atoms with Crippen LogP contribution in [0.4, 0.5) is 8.78 Å². The second-order valence-corrected chi connectivity index (χ2v) is 7.87. The Kier molecular flexibility index (Phi) is 6.05. The highest BCUT2D eigenvalue weighted by molar-refractivity contribution is 5.81. The molecule has 1 amide bonds. The molecule has 1 saturated carbocycles. The Balaban J connectivity index is 2.17. The van der Waals surface area contributed by atoms with E-state index < -0.39 is 11.3 Å². The summed E-state index contributed by atoms with van der Waals surface area (Å²) in [6.45, 7) is 3.76. The van der Waals surface area contributed by atoms with Crippen molar-refractivity contribution >= 4 is 5.91 Å². The molecule has 4 N–H and O–H groups in total. The molecule has 1 fully saturated rings. The van der Waals surface area contributed by atoms with E-state index in [-0.39, 0.29) is 23.5 Å². The molecule has 1 aliphatic rings. The quantitative estimate of drug-likeness (QED) is 0.678. The van der Waals surface area contributed by atoms with Crippen LogP contribution in [0.3, 0.4) is 0 Å². The maximum atomic E-state index is 13.6. The molecule has 0 heterocycles. The molecule has 156 valence electrons. The Hall–Kier alpha value is -2.31. The standard InChI is InChI=1S/C23H29F2N3O/c1-3-22(26,17-8-12-19(24)13-9-17)28(21(29)16-6-5-7-16)23(27,4-2)18-10-14-20(25)15-11-18/h8-16H,3-7,26-27H2,1-2H3. The number of carbonyl (C=O) groups is 1. The first-order valence-corrected chi connectivity index (χ1v) is 10.2. The van der Waals surface area contributed by atoms with Crippen molar-refractivity contribution in [2.75, 3.05) is 0 Å². The van der Waals surface area contributed by atoms with Crippen molar-refractivity contribution in [2.24, 2.45) is 17.4 Å². The number of hydrogen-bond acceptors (Lipinski definition) is 3. The first-order valence-electron chi connectivity index (χ1n) is 10.2. The van der Waals surface area contributed by atoms with Crippen molar-refractivity contribution in [2.45, 2.75) is 57.3 Å². The number of hydrogen-bond donors (Lipinski definition) is 2. The fraction of sp³-hybridized carbons (Fsp3) is 0.435. The Morgan fingerprint density at radius 2 is 1.28 bits per heavy atom. The molecule has 2 atom stereocenters. The fourth-order valence-corrected chi connectivity index (χ4v) is 4.05. The van der Waals surface area contributed by atoms with Crippen LogP contribution in [0.25, 0.3) is 0 Å². The van der Waals surface area contributed by atoms with Gasteiger partial charge in [0.25, 0.3) is 0 Å². The van der Waals surface area contributed by atoms with E-state index in [1.54, 1.807) is 29.2 Å². The molecule has 0 aromatic heterocycles. The van der Waals surface area contributed by atoms with Crippen molar-refractivity contribution in [3.05, 3.63) is 71.3 Å². The van der Waals surface area contributed by atoms with E-state index in [0.29, 0.717) is 24.0 Å². The van der Waals surface area contributed by atoms with Gasteiger partial charge < -0.3 is 11.5 Å². The van der Waals surface area contributed by atoms with E-state index in [4.69, 9.17) is 11.5 Å². The van der Waals surface area contributed by atoms with Crippen LogP contribution in [-0.2, 0) is 16.1 Å². The van der Waals surface area contributed by atoms with Crippen molar-refractivity contribution < 1.29 is 13.6 Å². The van der Waals surface area contributed by atoms with E-state index in [1.165, 1.54) is 24.3 Å². The Bertz CT molecular complexity index is 792. The summed E-state index contributed by atoms with van der Waals surface area (Å²) in [4.78, 5) is 15.2. The number of nitrogens with zero attached hydrogens (tertiary/aromatic N) is 1. The van der Waals surface area contributed by atoms with Crippen LogP contribution < -0.4 is 11.5 Å². The predicted octanol–water partition coefficient (Wildman–Crippen LogP) is 4.34. The third-order valence-electron chi connectivity index (χ3n) is 6.24. The maximum Gasteiger partial charge on any atom is 0.229 e. The van der Waals surface area contributed by atoms with E-state index in [2.05, 4.69) is 0 Å². The summed E-state index contributed by atoms with van der Waals surface area (Å²) in [5.41, 5.74) is 12.5. The minimum absolute atomic E-state index is 0.112. The van der Waals surface area contributed by atoms with E-state index in [1.807, 2.05) is 13.8 Å². The van der Waals surface area contributed by atoms with Gasteiger partial charge in [0.15, 0.2) is 0 Å². The highest BCUT2D eigenvalue weighted by atomic mass is 19.1. The molecule has 0 radical (unpaired) electrons. The minimum Gasteiger partial charge on any atom is -0.305 e. The Morgan fingerprint density at radius 3 is 1.55 bits per heavy atom. The lowest BCUT2D eigenvalue weighted by atomic mass is 9.80. The topological polar surface area (TPSA) is 72.3 Å². The summed E-state index contributed by atoms with van der Waals surface area (Å²) >= 11 is 0. The number of amides is 1. The van der Waals surface area contributed by atoms with E-state index in [0.717, 1.165) is 19.3 Å². The minimum atomic E-state index is -1.24. The molecule has 3 rings (SSSR count). The molecule has 0 saturated heterocycles. The van der Waals surface area contributed by atoms with E-state index >= 15 is 0 Å². The molecule has 1 aliphatic carbocycles. The average Bonchev–Trinajstić information content (AvgIpc) is 2.67. The van der Waals surface area contributed by atoms with Gasteiger partial charge in [-0.1, -0.05) is 44.5 Å². The van der Waals surface area contributed by atoms with Gasteiger partial charge >= 0.3 is 0 Å². The molecular formula is C23H29F2N3O. The molecule has 6 heteroatoms. The zero-order valence-corrected chi connectivity index (χ0v) is 17.0. The normalized spacial score (nSPS) is 18.4. The maximum absolute atomic E-state index is 13.6. The van der Waals surface area contributed by atoms with Crippen LogP contribution in [-0.4, -0.2) is 10.8 Å². The number of rotatable bonds is 7. The largest absolute Gasteiger partial charge is 0.305 e. The van der Waals surface area contributed by atoms with Crippen LogP contribution in [0.15, 0.2) is 48.5 Å². The summed E-state index contributed by atoms with van der Waals surface area (Å²) in [5, 5.41) is 0. The third kappa shape index (κ3) is 3.79. The average molecular weight is 402 g/mol. The Labute approximate surface area is 170 Å². The number of halogens is 2. The summed E-state index contributed by atoms with van der Waals surface area (Å²) in [6, 6.07) is 11.7. The predicted molar refractivity (Wildman–Crippen MR) is 109 cm³/mol. The smallest absolute Gasteiger partial charge is 0.229 e. The third-order valence-corrected chi connectivity index (χ3v) is 6.24. The summed E-state index contributed by atoms with van der Waals surface area (Å²) in [6.07, 6.45) is 3.35. The van der Waals surface area contributed by atoms with Crippen LogP contribution in [0, 0.1) is 17.6 Å². The Morgan fingerprint density at radius 1 is 0.897 bits per heavy atom. The highest BCUT2D eigenvalue weighted by Crippen LogP contribution is 2.42. The molecule has 2 aromatic rings. The van der Waals surface area contributed by atoms with Crippen molar-refractivity contribution in [3.63, 3.8) is 0 Å². The zero-order chi connectivity index (χ0) is 21.2. The van der Waals surface area contributed by atoms with Gasteiger partial charge in [0.1, 0.15) is 23.0 Å². The summed E-state index contributed by atoms with van der Waals surface area (Å²) in [7, 11) is 0. The van der Waals surface area contributed by atoms with Gasteiger partial charge in [-0.05, 0) is 61.1 Å². The molecule has 2 unspecified atom stereocenters. The second kappa shape index (κ2) is 8.20. The number of nitrogens with two attached hydrogens (primary N) is 2. The first kappa shape index (κ1) is 21.4. The van der Waals surface area contributed by atoms with Crippen molar-refractivity contribution in [1.29, 1.82) is 0 Å². The molecule has 4 nitrogen and oxygen atoms in total. The van der Waals surface area contributed by atoms with Crippen molar-refractivity contribution in [1.82, 2.24) is 4.90 Å². The lowest BCUT2D eigenvalue weighted by molar-refractivity contribution is -0.158. The SMILES string of the molecule is CCC(N)(c1ccc(F)cc1)N(C(=O)C1CCC1)C(N)(CC)c1ccc(F)cc1. The zero-order valence-electron chi connectivity index (χ0n) is 17.0. The van der Waals surface area contributed by atoms with Crippen molar-refractivity contribution in [3.8, 4) is 0 Å². The molecule has 0 aliphatic heterocycles. The van der Waals surface area contributed by atoms with Gasteiger partial charge in [-0.2, -0.15) is 0 Å². The van der Waals surface area contributed by atoms with Gasteiger partial charge in [-0.25, -0.2) is 8.78 Å². The molecule has 0 bridgehead atoms. The lowest BCUT2D eigenvalue weighted by Crippen LogP contribution is -2.68. The number of benzene rings is 2. The highest BCUT2D eigenvalue weighted by Gasteiger charge is 2.50. The molecule has 29 heavy (non-hydrogen) atoms. The van der Waals surface area contributed by atoms with Gasteiger partial charge in [-0.15, -0.1) is 0 Å². The van der Waals surface area contributed by atoms with Gasteiger partial charge in [-0.3, -0.25) is 9.69 Å². The van der Waals surface area contributed by atoms with Crippen LogP contribution >= 0.6 is 0 Å². The number of carbonyl (C=O) groups excluding carboxylic acids is 1. The molecule has 2 aromatic carbocycles. The second-order valence-electron chi connectivity index (χ2n) is 7.87. The van der Waals surface area contributed by atoms with Gasteiger partial charge in [0.05, 0.1) is 0 Å². The molecular weight excluding hydrogens is 372 g/mol. The summed E-state index contributed by atoms with van der Waals surface area (Å²) in [5.74, 6) is -1.01. The lowest BCUT2D eigenvalue weighted by Gasteiger charge is -2.53. The van der Waals surface area contributed by atoms with Crippen LogP contribution in [0.1, 0.15) is 57.1 Å². The van der Waals surface area contributed by atoms with Gasteiger partial charge in [0, 0.05) is 5.92 Å². The van der Waals surface area contributed by atoms with E-state index in [9.17, 15) is 13.6 Å². The monoisotopic (exact) mass is 401 g/mol. The summed E-state index contributed by atoms with van der Waals surface area (Å²) < 4.78 is 27.1.